The molecule has 1 unspecified atom stereocenters. The molecule has 0 aliphatic heterocycles. The number of rotatable bonds is 0. The van der Waals surface area contributed by atoms with E-state index in [4.69, 9.17) is 0 Å². The number of hydrogen-bond donors (Lipinski definition) is 1. The van der Waals surface area contributed by atoms with Gasteiger partial charge in [-0.05, 0) is 72.5 Å². The predicted molar refractivity (Wildman–Crippen MR) is 77.7 cm³/mol. The molecule has 0 bridgehead atoms. The van der Waals surface area contributed by atoms with Gasteiger partial charge < -0.3 is 5.11 Å². The molecule has 1 saturated carbocycles. The van der Waals surface area contributed by atoms with Gasteiger partial charge in [0.25, 0.3) is 0 Å². The minimum absolute atomic E-state index is 0.194. The van der Waals surface area contributed by atoms with Gasteiger partial charge in [-0.3, -0.25) is 0 Å². The summed E-state index contributed by atoms with van der Waals surface area (Å²) < 4.78 is 0. The van der Waals surface area contributed by atoms with E-state index in [1.807, 2.05) is 0 Å². The third kappa shape index (κ3) is 1.71. The lowest BCUT2D eigenvalue weighted by Crippen LogP contribution is -2.34. The summed E-state index contributed by atoms with van der Waals surface area (Å²) in [6, 6.07) is 0. The molecule has 0 radical (unpaired) electrons. The Hall–Kier alpha value is -0.820. The number of aliphatic hydroxyl groups excluding tert-OH is 1. The highest BCUT2D eigenvalue weighted by molar-refractivity contribution is 5.48. The van der Waals surface area contributed by atoms with E-state index in [1.54, 1.807) is 11.1 Å². The monoisotopic (exact) mass is 256 g/mol. The van der Waals surface area contributed by atoms with Crippen molar-refractivity contribution in [1.82, 2.24) is 0 Å². The molecule has 4 aliphatic carbocycles. The third-order valence-corrected chi connectivity index (χ3v) is 6.15. The molecule has 4 rings (SSSR count). The zero-order valence-corrected chi connectivity index (χ0v) is 11.9. The van der Waals surface area contributed by atoms with Crippen molar-refractivity contribution in [2.45, 2.75) is 58.0 Å². The predicted octanol–water partition coefficient (Wildman–Crippen LogP) is 4.15. The molecule has 0 spiro atoms. The van der Waals surface area contributed by atoms with E-state index < -0.39 is 0 Å². The molecule has 0 saturated heterocycles. The highest BCUT2D eigenvalue weighted by atomic mass is 16.3. The Kier molecular flexibility index (Phi) is 2.57. The number of aliphatic hydroxyl groups is 1. The number of hydrogen-bond acceptors (Lipinski definition) is 1. The lowest BCUT2D eigenvalue weighted by atomic mass is 9.61. The van der Waals surface area contributed by atoms with Crippen LogP contribution in [0.5, 0.6) is 0 Å². The number of fused-ring (bicyclic) bond motifs is 4. The fourth-order valence-electron chi connectivity index (χ4n) is 5.13. The van der Waals surface area contributed by atoms with E-state index in [0.29, 0.717) is 5.41 Å². The molecule has 1 fully saturated rings. The van der Waals surface area contributed by atoms with Gasteiger partial charge in [-0.1, -0.05) is 31.6 Å². The van der Waals surface area contributed by atoms with Gasteiger partial charge in [0.15, 0.2) is 0 Å². The van der Waals surface area contributed by atoms with Crippen molar-refractivity contribution in [3.05, 3.63) is 34.9 Å². The normalized spacial score (nSPS) is 44.5. The Labute approximate surface area is 116 Å². The van der Waals surface area contributed by atoms with Gasteiger partial charge >= 0.3 is 0 Å². The molecule has 0 amide bonds. The topological polar surface area (TPSA) is 20.2 Å². The van der Waals surface area contributed by atoms with Crippen LogP contribution in [0, 0.1) is 17.3 Å². The Morgan fingerprint density at radius 1 is 1.21 bits per heavy atom. The molecule has 19 heavy (non-hydrogen) atoms. The van der Waals surface area contributed by atoms with Gasteiger partial charge in [0.1, 0.15) is 0 Å². The van der Waals surface area contributed by atoms with Gasteiger partial charge in [-0.25, -0.2) is 0 Å². The second-order valence-electron chi connectivity index (χ2n) is 7.21. The van der Waals surface area contributed by atoms with Gasteiger partial charge in [0.2, 0.25) is 0 Å². The first-order chi connectivity index (χ1) is 9.17. The van der Waals surface area contributed by atoms with Crippen molar-refractivity contribution < 1.29 is 5.11 Å². The van der Waals surface area contributed by atoms with Crippen LogP contribution >= 0.6 is 0 Å². The summed E-state index contributed by atoms with van der Waals surface area (Å²) in [5, 5.41) is 9.82. The molecule has 1 N–H and O–H groups in total. The number of allylic oxidation sites excluding steroid dienone is 5. The molecule has 0 heterocycles. The van der Waals surface area contributed by atoms with Crippen molar-refractivity contribution in [2.75, 3.05) is 0 Å². The highest BCUT2D eigenvalue weighted by Gasteiger charge is 2.46. The standard InChI is InChI=1S/C18H24O/c1-18-9-2-3-17(18)16-6-4-12-11-13(19)5-7-14(12)15(16)8-10-18/h8,10-11,13,16-17,19H,2-7,9H2,1H3/t13?,16-,17+,18+/m1/s1. The van der Waals surface area contributed by atoms with Crippen LogP contribution in [-0.4, -0.2) is 11.2 Å². The van der Waals surface area contributed by atoms with Crippen molar-refractivity contribution in [3.8, 4) is 0 Å². The first-order valence-corrected chi connectivity index (χ1v) is 7.99. The van der Waals surface area contributed by atoms with Crippen molar-refractivity contribution >= 4 is 0 Å². The zero-order valence-electron chi connectivity index (χ0n) is 11.9. The van der Waals surface area contributed by atoms with E-state index in [9.17, 15) is 5.11 Å². The van der Waals surface area contributed by atoms with Gasteiger partial charge in [0.05, 0.1) is 6.10 Å². The molecular formula is C18H24O. The first-order valence-electron chi connectivity index (χ1n) is 7.99. The summed E-state index contributed by atoms with van der Waals surface area (Å²) in [6.07, 6.45) is 15.6. The Balaban J connectivity index is 1.80. The molecule has 0 aromatic heterocycles. The summed E-state index contributed by atoms with van der Waals surface area (Å²) in [7, 11) is 0. The summed E-state index contributed by atoms with van der Waals surface area (Å²) in [6.45, 7) is 2.47. The van der Waals surface area contributed by atoms with Gasteiger partial charge in [-0.15, -0.1) is 0 Å². The Bertz CT molecular complexity index is 496. The fraction of sp³-hybridized carbons (Fsp3) is 0.667. The summed E-state index contributed by atoms with van der Waals surface area (Å²) >= 11 is 0. The molecule has 1 nitrogen and oxygen atoms in total. The smallest absolute Gasteiger partial charge is 0.0729 e. The largest absolute Gasteiger partial charge is 0.389 e. The molecule has 0 aromatic rings. The second-order valence-corrected chi connectivity index (χ2v) is 7.21. The van der Waals surface area contributed by atoms with Crippen LogP contribution in [0.2, 0.25) is 0 Å². The minimum Gasteiger partial charge on any atom is -0.389 e. The van der Waals surface area contributed by atoms with Crippen LogP contribution < -0.4 is 0 Å². The van der Waals surface area contributed by atoms with Crippen molar-refractivity contribution in [1.29, 1.82) is 0 Å². The SMILES string of the molecule is C[C@]12C=CC3=C4CCC(O)C=C4CC[C@H]3[C@@H]1CCC2. The quantitative estimate of drug-likeness (QED) is 0.690. The lowest BCUT2D eigenvalue weighted by molar-refractivity contribution is 0.195. The molecule has 4 atom stereocenters. The molecule has 102 valence electrons. The minimum atomic E-state index is -0.194. The van der Waals surface area contributed by atoms with Gasteiger partial charge in [-0.2, -0.15) is 0 Å². The highest BCUT2D eigenvalue weighted by Crippen LogP contribution is 2.57. The summed E-state index contributed by atoms with van der Waals surface area (Å²) in [4.78, 5) is 0. The van der Waals surface area contributed by atoms with Crippen LogP contribution in [0.3, 0.4) is 0 Å². The van der Waals surface area contributed by atoms with Crippen LogP contribution in [0.1, 0.15) is 51.9 Å². The van der Waals surface area contributed by atoms with Crippen molar-refractivity contribution in [3.63, 3.8) is 0 Å². The average molecular weight is 256 g/mol. The van der Waals surface area contributed by atoms with Crippen molar-refractivity contribution in [2.24, 2.45) is 17.3 Å². The fourth-order valence-corrected chi connectivity index (χ4v) is 5.13. The maximum Gasteiger partial charge on any atom is 0.0729 e. The summed E-state index contributed by atoms with van der Waals surface area (Å²) in [5.74, 6) is 1.69. The van der Waals surface area contributed by atoms with Gasteiger partial charge in [0, 0.05) is 0 Å². The van der Waals surface area contributed by atoms with E-state index in [0.717, 1.165) is 24.7 Å². The van der Waals surface area contributed by atoms with E-state index in [2.05, 4.69) is 25.2 Å². The zero-order chi connectivity index (χ0) is 13.0. The maximum atomic E-state index is 9.82. The molecular weight excluding hydrogens is 232 g/mol. The average Bonchev–Trinajstić information content (AvgIpc) is 2.79. The first kappa shape index (κ1) is 12.0. The van der Waals surface area contributed by atoms with Crippen LogP contribution in [0.4, 0.5) is 0 Å². The summed E-state index contributed by atoms with van der Waals surface area (Å²) in [5.41, 5.74) is 5.15. The van der Waals surface area contributed by atoms with Crippen LogP contribution in [0.25, 0.3) is 0 Å². The van der Waals surface area contributed by atoms with E-state index in [-0.39, 0.29) is 6.10 Å². The third-order valence-electron chi connectivity index (χ3n) is 6.15. The molecule has 0 aromatic carbocycles. The lowest BCUT2D eigenvalue weighted by Gasteiger charge is -2.44. The Morgan fingerprint density at radius 3 is 3.00 bits per heavy atom. The van der Waals surface area contributed by atoms with E-state index in [1.165, 1.54) is 37.7 Å². The second kappa shape index (κ2) is 4.09. The van der Waals surface area contributed by atoms with Crippen LogP contribution in [-0.2, 0) is 0 Å². The molecule has 4 aliphatic rings. The maximum absolute atomic E-state index is 9.82. The van der Waals surface area contributed by atoms with Crippen LogP contribution in [0.15, 0.2) is 34.9 Å². The Morgan fingerprint density at radius 2 is 2.11 bits per heavy atom. The van der Waals surface area contributed by atoms with E-state index >= 15 is 0 Å². The molecule has 1 heteroatoms.